The molecule has 5 heteroatoms. The quantitative estimate of drug-likeness (QED) is 0.568. The zero-order chi connectivity index (χ0) is 11.7. The third-order valence-electron chi connectivity index (χ3n) is 2.18. The summed E-state index contributed by atoms with van der Waals surface area (Å²) in [5.41, 5.74) is 0. The number of hydrogen-bond acceptors (Lipinski definition) is 5. The molecule has 0 aromatic heterocycles. The SMILES string of the molecule is COCCN(C)CCNC(C)C(=O)OC. The maximum Gasteiger partial charge on any atom is 0.322 e. The summed E-state index contributed by atoms with van der Waals surface area (Å²) in [4.78, 5) is 13.2. The molecule has 0 saturated carbocycles. The topological polar surface area (TPSA) is 50.8 Å². The third kappa shape index (κ3) is 7.30. The van der Waals surface area contributed by atoms with Gasteiger partial charge in [0.15, 0.2) is 0 Å². The first kappa shape index (κ1) is 14.3. The summed E-state index contributed by atoms with van der Waals surface area (Å²) < 4.78 is 9.56. The molecule has 0 aliphatic rings. The molecule has 0 aliphatic carbocycles. The third-order valence-corrected chi connectivity index (χ3v) is 2.18. The van der Waals surface area contributed by atoms with E-state index in [1.165, 1.54) is 7.11 Å². The van der Waals surface area contributed by atoms with Crippen LogP contribution in [0.15, 0.2) is 0 Å². The molecule has 0 aromatic rings. The molecule has 0 bridgehead atoms. The van der Waals surface area contributed by atoms with E-state index >= 15 is 0 Å². The molecule has 0 rings (SSSR count). The molecule has 0 amide bonds. The number of methoxy groups -OCH3 is 2. The summed E-state index contributed by atoms with van der Waals surface area (Å²) in [6, 6.07) is -0.245. The van der Waals surface area contributed by atoms with Gasteiger partial charge in [-0.1, -0.05) is 0 Å². The van der Waals surface area contributed by atoms with Gasteiger partial charge in [-0.05, 0) is 14.0 Å². The van der Waals surface area contributed by atoms with Crippen LogP contribution in [0.25, 0.3) is 0 Å². The Bertz CT molecular complexity index is 176. The fourth-order valence-electron chi connectivity index (χ4n) is 1.09. The molecule has 0 aliphatic heterocycles. The maximum atomic E-state index is 11.0. The van der Waals surface area contributed by atoms with E-state index < -0.39 is 0 Å². The normalized spacial score (nSPS) is 12.9. The number of carbonyl (C=O) groups excluding carboxylic acids is 1. The van der Waals surface area contributed by atoms with E-state index in [1.54, 1.807) is 14.0 Å². The van der Waals surface area contributed by atoms with Gasteiger partial charge in [-0.25, -0.2) is 0 Å². The molecule has 0 saturated heterocycles. The van der Waals surface area contributed by atoms with Gasteiger partial charge in [-0.15, -0.1) is 0 Å². The van der Waals surface area contributed by atoms with Crippen molar-refractivity contribution in [1.29, 1.82) is 0 Å². The van der Waals surface area contributed by atoms with E-state index in [1.807, 2.05) is 7.05 Å². The number of ether oxygens (including phenoxy) is 2. The predicted octanol–water partition coefficient (Wildman–Crippen LogP) is -0.284. The Balaban J connectivity index is 3.47. The minimum atomic E-state index is -0.245. The first-order valence-electron chi connectivity index (χ1n) is 5.10. The van der Waals surface area contributed by atoms with Crippen LogP contribution in [0.5, 0.6) is 0 Å². The van der Waals surface area contributed by atoms with Gasteiger partial charge in [0.2, 0.25) is 0 Å². The van der Waals surface area contributed by atoms with Gasteiger partial charge in [0, 0.05) is 26.7 Å². The lowest BCUT2D eigenvalue weighted by atomic mass is 10.3. The highest BCUT2D eigenvalue weighted by atomic mass is 16.5. The summed E-state index contributed by atoms with van der Waals surface area (Å²) in [7, 11) is 5.10. The largest absolute Gasteiger partial charge is 0.468 e. The molecule has 1 atom stereocenters. The van der Waals surface area contributed by atoms with Crippen LogP contribution in [0.2, 0.25) is 0 Å². The summed E-state index contributed by atoms with van der Waals surface area (Å²) in [6.07, 6.45) is 0. The Morgan fingerprint density at radius 2 is 2.07 bits per heavy atom. The molecular formula is C10H22N2O3. The van der Waals surface area contributed by atoms with Gasteiger partial charge in [0.1, 0.15) is 6.04 Å². The fraction of sp³-hybridized carbons (Fsp3) is 0.900. The predicted molar refractivity (Wildman–Crippen MR) is 58.9 cm³/mol. The minimum absolute atomic E-state index is 0.227. The highest BCUT2D eigenvalue weighted by Crippen LogP contribution is 1.86. The van der Waals surface area contributed by atoms with Gasteiger partial charge in [0.05, 0.1) is 13.7 Å². The molecule has 0 aromatic carbocycles. The van der Waals surface area contributed by atoms with Crippen molar-refractivity contribution >= 4 is 5.97 Å². The Labute approximate surface area is 91.7 Å². The number of likely N-dealkylation sites (N-methyl/N-ethyl adjacent to an activating group) is 1. The first-order chi connectivity index (χ1) is 7.11. The Morgan fingerprint density at radius 1 is 1.40 bits per heavy atom. The number of nitrogens with zero attached hydrogens (tertiary/aromatic N) is 1. The number of nitrogens with one attached hydrogen (secondary N) is 1. The van der Waals surface area contributed by atoms with Crippen LogP contribution >= 0.6 is 0 Å². The van der Waals surface area contributed by atoms with Crippen LogP contribution in [0.1, 0.15) is 6.92 Å². The molecular weight excluding hydrogens is 196 g/mol. The number of rotatable bonds is 8. The Morgan fingerprint density at radius 3 is 2.60 bits per heavy atom. The average Bonchev–Trinajstić information content (AvgIpc) is 2.24. The molecule has 1 N–H and O–H groups in total. The van der Waals surface area contributed by atoms with E-state index in [2.05, 4.69) is 15.0 Å². The molecule has 0 fully saturated rings. The molecule has 5 nitrogen and oxygen atoms in total. The van der Waals surface area contributed by atoms with Crippen LogP contribution in [0.4, 0.5) is 0 Å². The van der Waals surface area contributed by atoms with Gasteiger partial charge in [-0.3, -0.25) is 4.79 Å². The molecule has 1 unspecified atom stereocenters. The smallest absolute Gasteiger partial charge is 0.322 e. The van der Waals surface area contributed by atoms with Crippen molar-refractivity contribution in [1.82, 2.24) is 10.2 Å². The van der Waals surface area contributed by atoms with Crippen molar-refractivity contribution < 1.29 is 14.3 Å². The van der Waals surface area contributed by atoms with E-state index in [9.17, 15) is 4.79 Å². The zero-order valence-corrected chi connectivity index (χ0v) is 10.1. The second-order valence-electron chi connectivity index (χ2n) is 3.50. The maximum absolute atomic E-state index is 11.0. The second kappa shape index (κ2) is 8.64. The lowest BCUT2D eigenvalue weighted by Gasteiger charge is -2.17. The fourth-order valence-corrected chi connectivity index (χ4v) is 1.09. The highest BCUT2D eigenvalue weighted by Gasteiger charge is 2.11. The zero-order valence-electron chi connectivity index (χ0n) is 10.1. The van der Waals surface area contributed by atoms with Crippen LogP contribution in [-0.2, 0) is 14.3 Å². The van der Waals surface area contributed by atoms with E-state index in [0.717, 1.165) is 26.2 Å². The summed E-state index contributed by atoms with van der Waals surface area (Å²) in [5.74, 6) is -0.227. The average molecular weight is 218 g/mol. The number of hydrogen-bond donors (Lipinski definition) is 1. The van der Waals surface area contributed by atoms with Gasteiger partial charge in [-0.2, -0.15) is 0 Å². The Kier molecular flexibility index (Phi) is 8.27. The molecule has 0 spiro atoms. The van der Waals surface area contributed by atoms with E-state index in [4.69, 9.17) is 4.74 Å². The molecule has 90 valence electrons. The van der Waals surface area contributed by atoms with Crippen LogP contribution in [0.3, 0.4) is 0 Å². The number of esters is 1. The van der Waals surface area contributed by atoms with Gasteiger partial charge in [0.25, 0.3) is 0 Å². The number of carbonyl (C=O) groups is 1. The summed E-state index contributed by atoms with van der Waals surface area (Å²) >= 11 is 0. The molecule has 0 heterocycles. The molecule has 0 radical (unpaired) electrons. The van der Waals surface area contributed by atoms with Gasteiger partial charge >= 0.3 is 5.97 Å². The van der Waals surface area contributed by atoms with Crippen molar-refractivity contribution in [3.63, 3.8) is 0 Å². The summed E-state index contributed by atoms with van der Waals surface area (Å²) in [5, 5.41) is 3.08. The van der Waals surface area contributed by atoms with Crippen LogP contribution in [-0.4, -0.2) is 64.4 Å². The van der Waals surface area contributed by atoms with Crippen molar-refractivity contribution in [2.75, 3.05) is 47.5 Å². The second-order valence-corrected chi connectivity index (χ2v) is 3.50. The Hall–Kier alpha value is -0.650. The first-order valence-corrected chi connectivity index (χ1v) is 5.10. The van der Waals surface area contributed by atoms with Crippen molar-refractivity contribution in [3.8, 4) is 0 Å². The molecule has 15 heavy (non-hydrogen) atoms. The lowest BCUT2D eigenvalue weighted by Crippen LogP contribution is -2.39. The van der Waals surface area contributed by atoms with Crippen molar-refractivity contribution in [2.24, 2.45) is 0 Å². The van der Waals surface area contributed by atoms with E-state index in [-0.39, 0.29) is 12.0 Å². The van der Waals surface area contributed by atoms with Gasteiger partial charge < -0.3 is 19.7 Å². The monoisotopic (exact) mass is 218 g/mol. The minimum Gasteiger partial charge on any atom is -0.468 e. The van der Waals surface area contributed by atoms with E-state index in [0.29, 0.717) is 0 Å². The standard InChI is InChI=1S/C10H22N2O3/c1-9(10(13)15-4)11-5-6-12(2)7-8-14-3/h9,11H,5-8H2,1-4H3. The lowest BCUT2D eigenvalue weighted by molar-refractivity contribution is -0.142. The van der Waals surface area contributed by atoms with Crippen LogP contribution < -0.4 is 5.32 Å². The highest BCUT2D eigenvalue weighted by molar-refractivity contribution is 5.74. The summed E-state index contributed by atoms with van der Waals surface area (Å²) in [6.45, 7) is 5.05. The van der Waals surface area contributed by atoms with Crippen LogP contribution in [0, 0.1) is 0 Å². The van der Waals surface area contributed by atoms with Crippen molar-refractivity contribution in [3.05, 3.63) is 0 Å². The van der Waals surface area contributed by atoms with Crippen molar-refractivity contribution in [2.45, 2.75) is 13.0 Å².